The van der Waals surface area contributed by atoms with E-state index in [4.69, 9.17) is 0 Å². The van der Waals surface area contributed by atoms with Gasteiger partial charge in [-0.25, -0.2) is 0 Å². The van der Waals surface area contributed by atoms with Crippen LogP contribution in [0.4, 0.5) is 28.4 Å². The molecule has 0 saturated carbocycles. The van der Waals surface area contributed by atoms with Gasteiger partial charge in [0.05, 0.1) is 5.69 Å². The van der Waals surface area contributed by atoms with Crippen molar-refractivity contribution in [3.05, 3.63) is 193 Å². The van der Waals surface area contributed by atoms with Crippen LogP contribution >= 0.6 is 23.1 Å². The van der Waals surface area contributed by atoms with Gasteiger partial charge in [-0.2, -0.15) is 0 Å². The molecule has 0 saturated heterocycles. The number of fused-ring (bicyclic) bond motifs is 8. The van der Waals surface area contributed by atoms with E-state index in [2.05, 4.69) is 199 Å². The van der Waals surface area contributed by atoms with Crippen LogP contribution in [-0.2, 0) is 0 Å². The summed E-state index contributed by atoms with van der Waals surface area (Å²) in [7, 11) is 0. The van der Waals surface area contributed by atoms with Gasteiger partial charge in [0.1, 0.15) is 0 Å². The Hall–Kier alpha value is -5.55. The van der Waals surface area contributed by atoms with Crippen LogP contribution in [0.1, 0.15) is 18.4 Å². The molecule has 2 aliphatic rings. The molecule has 51 heavy (non-hydrogen) atoms. The first-order chi connectivity index (χ1) is 25.1. The molecular formula is C47H34N2S2. The highest BCUT2D eigenvalue weighted by molar-refractivity contribution is 8.01. The second-order valence-corrected chi connectivity index (χ2v) is 16.1. The molecule has 0 amide bonds. The SMILES string of the molecule is CC12C=CC(N(c3ccccc3)c3cc4sc5ccccc5c4c4ccccc34)=CC1c1cc(N(c3ccccc3)c3ccccc3)ccc1S2. The highest BCUT2D eigenvalue weighted by Crippen LogP contribution is 2.58. The summed E-state index contributed by atoms with van der Waals surface area (Å²) >= 11 is 3.86. The maximum Gasteiger partial charge on any atom is 0.0554 e. The van der Waals surface area contributed by atoms with Crippen molar-refractivity contribution < 1.29 is 0 Å². The normalized spacial score (nSPS) is 17.7. The summed E-state index contributed by atoms with van der Waals surface area (Å²) in [4.78, 5) is 6.19. The van der Waals surface area contributed by atoms with Crippen molar-refractivity contribution in [2.75, 3.05) is 9.80 Å². The summed E-state index contributed by atoms with van der Waals surface area (Å²) in [5.41, 5.74) is 8.39. The molecule has 244 valence electrons. The highest BCUT2D eigenvalue weighted by atomic mass is 32.2. The lowest BCUT2D eigenvalue weighted by atomic mass is 9.82. The van der Waals surface area contributed by atoms with Crippen molar-refractivity contribution in [3.8, 4) is 0 Å². The van der Waals surface area contributed by atoms with Gasteiger partial charge in [-0.1, -0.05) is 109 Å². The summed E-state index contributed by atoms with van der Waals surface area (Å²) in [6, 6.07) is 59.5. The Balaban J connectivity index is 1.15. The van der Waals surface area contributed by atoms with Crippen molar-refractivity contribution in [1.82, 2.24) is 0 Å². The third kappa shape index (κ3) is 5.01. The third-order valence-electron chi connectivity index (χ3n) is 10.4. The van der Waals surface area contributed by atoms with Crippen LogP contribution in [0.3, 0.4) is 0 Å². The number of rotatable bonds is 6. The molecule has 0 fully saturated rings. The van der Waals surface area contributed by atoms with E-state index in [0.29, 0.717) is 0 Å². The lowest BCUT2D eigenvalue weighted by Gasteiger charge is -2.35. The van der Waals surface area contributed by atoms with Crippen molar-refractivity contribution >= 4 is 82.5 Å². The first-order valence-corrected chi connectivity index (χ1v) is 19.1. The molecule has 2 unspecified atom stereocenters. The van der Waals surface area contributed by atoms with E-state index in [9.17, 15) is 0 Å². The zero-order valence-electron chi connectivity index (χ0n) is 28.1. The van der Waals surface area contributed by atoms with Crippen molar-refractivity contribution in [2.24, 2.45) is 0 Å². The van der Waals surface area contributed by atoms with Crippen LogP contribution in [0.25, 0.3) is 30.9 Å². The fraction of sp³-hybridized carbons (Fsp3) is 0.0638. The molecular weight excluding hydrogens is 657 g/mol. The van der Waals surface area contributed by atoms with Gasteiger partial charge < -0.3 is 9.80 Å². The van der Waals surface area contributed by atoms with Gasteiger partial charge in [0.25, 0.3) is 0 Å². The van der Waals surface area contributed by atoms with Gasteiger partial charge in [0, 0.05) is 69.6 Å². The molecule has 2 atom stereocenters. The highest BCUT2D eigenvalue weighted by Gasteiger charge is 2.43. The van der Waals surface area contributed by atoms with Crippen LogP contribution in [-0.4, -0.2) is 4.75 Å². The van der Waals surface area contributed by atoms with Crippen LogP contribution in [0.15, 0.2) is 193 Å². The molecule has 1 aliphatic heterocycles. The zero-order valence-corrected chi connectivity index (χ0v) is 29.7. The molecule has 4 heteroatoms. The molecule has 10 rings (SSSR count). The summed E-state index contributed by atoms with van der Waals surface area (Å²) in [5.74, 6) is 0.191. The number of thiophene rings is 1. The van der Waals surface area contributed by atoms with Crippen molar-refractivity contribution in [1.29, 1.82) is 0 Å². The Morgan fingerprint density at radius 3 is 1.80 bits per heavy atom. The van der Waals surface area contributed by atoms with E-state index in [1.165, 1.54) is 58.5 Å². The minimum absolute atomic E-state index is 0.0887. The number of hydrogen-bond donors (Lipinski definition) is 0. The Bertz CT molecular complexity index is 2600. The molecule has 7 aromatic carbocycles. The van der Waals surface area contributed by atoms with Gasteiger partial charge >= 0.3 is 0 Å². The Morgan fingerprint density at radius 2 is 1.12 bits per heavy atom. The molecule has 2 heterocycles. The lowest BCUT2D eigenvalue weighted by Crippen LogP contribution is -2.27. The molecule has 0 radical (unpaired) electrons. The number of para-hydroxylation sites is 3. The van der Waals surface area contributed by atoms with E-state index >= 15 is 0 Å². The molecule has 1 aliphatic carbocycles. The Kier molecular flexibility index (Phi) is 7.16. The van der Waals surface area contributed by atoms with Gasteiger partial charge in [-0.05, 0) is 90.7 Å². The summed E-state index contributed by atoms with van der Waals surface area (Å²) in [6.45, 7) is 2.39. The molecule has 0 N–H and O–H groups in total. The standard InChI is InChI=1S/C47H34N2S2/c1-47-28-27-36(30-41(47)40-29-35(25-26-44(40)51-47)48(32-15-5-2-6-16-32)33-17-7-3-8-18-33)49(34-19-9-4-10-20-34)42-31-45-46(38-22-12-11-21-37(38)42)39-23-13-14-24-43(39)50-45/h2-31,41H,1H3. The molecule has 8 aromatic rings. The largest absolute Gasteiger partial charge is 0.310 e. The van der Waals surface area contributed by atoms with Crippen LogP contribution < -0.4 is 9.80 Å². The fourth-order valence-electron chi connectivity index (χ4n) is 8.00. The van der Waals surface area contributed by atoms with Crippen molar-refractivity contribution in [2.45, 2.75) is 22.5 Å². The van der Waals surface area contributed by atoms with E-state index in [1.54, 1.807) is 0 Å². The Labute approximate surface area is 306 Å². The first kappa shape index (κ1) is 30.3. The average Bonchev–Trinajstić information content (AvgIpc) is 3.71. The van der Waals surface area contributed by atoms with E-state index < -0.39 is 0 Å². The van der Waals surface area contributed by atoms with Gasteiger partial charge in [-0.15, -0.1) is 23.1 Å². The number of nitrogens with zero attached hydrogens (tertiary/aromatic N) is 2. The zero-order chi connectivity index (χ0) is 33.9. The van der Waals surface area contributed by atoms with Gasteiger partial charge in [0.15, 0.2) is 0 Å². The minimum atomic E-state index is -0.0887. The number of hydrogen-bond acceptors (Lipinski definition) is 4. The quantitative estimate of drug-likeness (QED) is 0.171. The molecule has 1 aromatic heterocycles. The summed E-state index contributed by atoms with van der Waals surface area (Å²) < 4.78 is 2.54. The van der Waals surface area contributed by atoms with E-state index in [0.717, 1.165) is 17.1 Å². The minimum Gasteiger partial charge on any atom is -0.310 e. The second kappa shape index (κ2) is 12.1. The monoisotopic (exact) mass is 690 g/mol. The molecule has 0 bridgehead atoms. The van der Waals surface area contributed by atoms with E-state index in [-0.39, 0.29) is 10.7 Å². The number of anilines is 5. The maximum atomic E-state index is 2.52. The summed E-state index contributed by atoms with van der Waals surface area (Å²) in [6.07, 6.45) is 7.32. The van der Waals surface area contributed by atoms with Crippen LogP contribution in [0.5, 0.6) is 0 Å². The average molecular weight is 691 g/mol. The maximum absolute atomic E-state index is 2.52. The van der Waals surface area contributed by atoms with E-state index in [1.807, 2.05) is 23.1 Å². The van der Waals surface area contributed by atoms with Crippen molar-refractivity contribution in [3.63, 3.8) is 0 Å². The Morgan fingerprint density at radius 1 is 0.529 bits per heavy atom. The lowest BCUT2D eigenvalue weighted by molar-refractivity contribution is 0.694. The van der Waals surface area contributed by atoms with Gasteiger partial charge in [-0.3, -0.25) is 0 Å². The smallest absolute Gasteiger partial charge is 0.0554 e. The number of allylic oxidation sites excluding steroid dienone is 2. The first-order valence-electron chi connectivity index (χ1n) is 17.5. The topological polar surface area (TPSA) is 6.48 Å². The molecule has 0 spiro atoms. The van der Waals surface area contributed by atoms with Crippen LogP contribution in [0.2, 0.25) is 0 Å². The van der Waals surface area contributed by atoms with Crippen LogP contribution in [0, 0.1) is 0 Å². The predicted molar refractivity (Wildman–Crippen MR) is 221 cm³/mol. The second-order valence-electron chi connectivity index (χ2n) is 13.5. The third-order valence-corrected chi connectivity index (χ3v) is 12.9. The number of thioether (sulfide) groups is 1. The fourth-order valence-corrected chi connectivity index (χ4v) is 10.5. The number of benzene rings is 7. The summed E-state index contributed by atoms with van der Waals surface area (Å²) in [5, 5.41) is 5.22. The predicted octanol–water partition coefficient (Wildman–Crippen LogP) is 13.9. The molecule has 2 nitrogen and oxygen atoms in total. The van der Waals surface area contributed by atoms with Gasteiger partial charge in [0.2, 0.25) is 0 Å².